The van der Waals surface area contributed by atoms with E-state index in [9.17, 15) is 46.0 Å². The standard InChI is InChI=1S/C70H102N2O13S2/c1-40(2)41(3)56-58(85-56)67(81)25-11-14-44-32-50-51-34-54(76)66(35-55(77)69(83,39-74)64(61(50,66)4)23-8-9-24-64)60(80)87-86-37-46-13-10-12-45(36-73)70(46)59(79)72(47-30-42(31-48(75)33-47)17-27-65(44)53(67)19-28-68(51,65)82)38-62(70)26-18-49(57(62)78)52-16-15-43(20-29-84-5)63(71-52)21-6-7-22-63/h11,14,30-31,33-34,40-41,43-46,49-50,52-53,55-58,60,71,73-75,77-78,80-83H,6-10,12-13,15-29,32,35-39H2,1-5H3/t41-,43-,44+,45-,46+,49+,50+,52+,53+,55-,56+,57-,58-,60-,61+,62+,65-,66+,67-,68-,69-,70-/m1/s1. The number of allylic oxidation sites excluding steroid dienone is 2. The van der Waals surface area contributed by atoms with Crippen LogP contribution in [0, 0.1) is 85.8 Å². The van der Waals surface area contributed by atoms with Gasteiger partial charge in [-0.25, -0.2) is 0 Å². The summed E-state index contributed by atoms with van der Waals surface area (Å²) in [6.45, 7) is 8.42. The number of anilines is 1. The van der Waals surface area contributed by atoms with Gasteiger partial charge >= 0.3 is 0 Å². The third-order valence-electron chi connectivity index (χ3n) is 29.2. The van der Waals surface area contributed by atoms with Gasteiger partial charge in [0.1, 0.15) is 28.5 Å². The number of fused-ring (bicyclic) bond motifs is 1. The molecule has 22 atom stereocenters. The minimum absolute atomic E-state index is 0.0165. The molecule has 7 saturated carbocycles. The molecule has 15 nitrogen and oxygen atoms in total. The third-order valence-corrected chi connectivity index (χ3v) is 31.8. The van der Waals surface area contributed by atoms with Gasteiger partial charge in [-0.2, -0.15) is 0 Å². The van der Waals surface area contributed by atoms with E-state index < -0.39 is 109 Å². The molecular formula is C70H102N2O13S2. The van der Waals surface area contributed by atoms with Crippen molar-refractivity contribution in [1.82, 2.24) is 5.32 Å². The van der Waals surface area contributed by atoms with Gasteiger partial charge in [-0.1, -0.05) is 93.5 Å². The van der Waals surface area contributed by atoms with Crippen LogP contribution < -0.4 is 10.2 Å². The number of epoxide rings is 1. The highest BCUT2D eigenvalue weighted by molar-refractivity contribution is 8.76. The Morgan fingerprint density at radius 1 is 0.874 bits per heavy atom. The Balaban J connectivity index is 0.940. The molecular weight excluding hydrogens is 1140 g/mol. The van der Waals surface area contributed by atoms with E-state index in [2.05, 4.69) is 38.2 Å². The van der Waals surface area contributed by atoms with Crippen molar-refractivity contribution in [1.29, 1.82) is 0 Å². The molecule has 0 aromatic heterocycles. The molecule has 6 heterocycles. The number of ether oxygens (including phenoxy) is 2. The number of phenolic OH excluding ortho intramolecular Hbond substituents is 1. The number of benzene rings is 1. The Hall–Kier alpha value is -2.10. The smallest absolute Gasteiger partial charge is 0.234 e. The molecule has 3 saturated heterocycles. The van der Waals surface area contributed by atoms with Gasteiger partial charge in [0.05, 0.1) is 41.3 Å². The summed E-state index contributed by atoms with van der Waals surface area (Å²) in [6, 6.07) is 5.44. The average Bonchev–Trinajstić information content (AvgIpc) is 1.62. The van der Waals surface area contributed by atoms with Crippen LogP contribution in [0.5, 0.6) is 5.75 Å². The van der Waals surface area contributed by atoms with Crippen LogP contribution in [-0.4, -0.2) is 155 Å². The molecule has 0 radical (unpaired) electrons. The lowest BCUT2D eigenvalue weighted by Crippen LogP contribution is -2.79. The monoisotopic (exact) mass is 1240 g/mol. The minimum Gasteiger partial charge on any atom is -0.508 e. The van der Waals surface area contributed by atoms with Gasteiger partial charge in [0.25, 0.3) is 0 Å². The van der Waals surface area contributed by atoms with E-state index in [1.54, 1.807) is 25.3 Å². The fourth-order valence-corrected chi connectivity index (χ4v) is 28.0. The summed E-state index contributed by atoms with van der Waals surface area (Å²) in [5, 5.41) is 122. The Morgan fingerprint density at radius 2 is 1.63 bits per heavy atom. The predicted octanol–water partition coefficient (Wildman–Crippen LogP) is 8.32. The molecule has 1 aromatic carbocycles. The number of aromatic hydroxyl groups is 1. The number of ketones is 1. The molecule has 9 aliphatic carbocycles. The van der Waals surface area contributed by atoms with Gasteiger partial charge in [0.2, 0.25) is 5.91 Å². The average molecular weight is 1240 g/mol. The normalized spacial score (nSPS) is 49.0. The molecule has 482 valence electrons. The Bertz CT molecular complexity index is 2920. The Kier molecular flexibility index (Phi) is 15.6. The number of piperidine rings is 1. The molecule has 1 aromatic rings. The second kappa shape index (κ2) is 21.7. The molecule has 10 N–H and O–H groups in total. The third kappa shape index (κ3) is 8.02. The first kappa shape index (κ1) is 62.4. The molecule has 6 spiro atoms. The van der Waals surface area contributed by atoms with E-state index in [-0.39, 0.29) is 79.0 Å². The number of phenols is 1. The zero-order valence-corrected chi connectivity index (χ0v) is 54.0. The summed E-state index contributed by atoms with van der Waals surface area (Å²) in [6.07, 6.45) is 17.0. The van der Waals surface area contributed by atoms with Crippen LogP contribution in [0.1, 0.15) is 175 Å². The lowest BCUT2D eigenvalue weighted by atomic mass is 9.31. The van der Waals surface area contributed by atoms with Gasteiger partial charge in [-0.05, 0) is 192 Å². The van der Waals surface area contributed by atoms with Crippen LogP contribution in [0.4, 0.5) is 5.69 Å². The fraction of sp³-hybridized carbons (Fsp3) is 0.829. The van der Waals surface area contributed by atoms with Crippen molar-refractivity contribution < 1.29 is 65.0 Å². The number of carbonyl (C=O) groups excluding carboxylic acids is 2. The van der Waals surface area contributed by atoms with Gasteiger partial charge in [-0.3, -0.25) is 9.59 Å². The van der Waals surface area contributed by atoms with E-state index in [1.165, 1.54) is 21.6 Å². The number of aliphatic hydroxyl groups excluding tert-OH is 5. The molecule has 10 fully saturated rings. The maximum atomic E-state index is 16.8. The summed E-state index contributed by atoms with van der Waals surface area (Å²) in [5.41, 5.74) is -12.7. The summed E-state index contributed by atoms with van der Waals surface area (Å²) in [5.74, 6) is -2.00. The van der Waals surface area contributed by atoms with Gasteiger partial charge in [-0.15, -0.1) is 0 Å². The summed E-state index contributed by atoms with van der Waals surface area (Å²) >= 11 is 0. The number of rotatable bonds is 9. The van der Waals surface area contributed by atoms with Crippen molar-refractivity contribution in [3.63, 3.8) is 0 Å². The Labute approximate surface area is 523 Å². The number of methoxy groups -OCH3 is 1. The summed E-state index contributed by atoms with van der Waals surface area (Å²) < 4.78 is 12.3. The van der Waals surface area contributed by atoms with Crippen LogP contribution >= 0.6 is 21.6 Å². The van der Waals surface area contributed by atoms with Crippen molar-refractivity contribution in [2.45, 2.75) is 234 Å². The van der Waals surface area contributed by atoms with Crippen LogP contribution in [0.15, 0.2) is 42.0 Å². The molecule has 8 bridgehead atoms. The number of aryl methyl sites for hydroxylation is 1. The first-order valence-corrected chi connectivity index (χ1v) is 36.6. The molecule has 1 amide bonds. The number of hydrogen-bond acceptors (Lipinski definition) is 16. The van der Waals surface area contributed by atoms with Crippen molar-refractivity contribution >= 4 is 39.0 Å². The van der Waals surface area contributed by atoms with Crippen LogP contribution in [0.3, 0.4) is 0 Å². The highest BCUT2D eigenvalue weighted by Crippen LogP contribution is 2.81. The van der Waals surface area contributed by atoms with Gasteiger partial charge in [0, 0.05) is 84.0 Å². The van der Waals surface area contributed by atoms with Crippen LogP contribution in [0.2, 0.25) is 0 Å². The number of carbonyl (C=O) groups is 2. The van der Waals surface area contributed by atoms with Crippen molar-refractivity contribution in [3.8, 4) is 5.75 Å². The first-order chi connectivity index (χ1) is 41.5. The number of amides is 1. The SMILES string of the molecule is COCC[C@H]1CC[C@@H]([C@@H]2CC[C@]3(CN4C(=O)[C@]35[C@@H](CO)CCC[C@H]5CSS[C@@H](O)[C@@]35C[C@@H](O)[C@](O)(CO)C6(CCCC6)[C@]3(C)[C@H]3C[C@@H]6C=CC[C@](O)([C@@H]7O[C@H]7[C@H](C)C(C)C)[C@H]7CC[C@@](O)(C3=CC5=O)[C@@]76CCc3cc(O)cc4c3)[C@@H]2O)NC12CCCC2. The lowest BCUT2D eigenvalue weighted by Gasteiger charge is -2.74. The van der Waals surface area contributed by atoms with Gasteiger partial charge < -0.3 is 65.6 Å². The van der Waals surface area contributed by atoms with Crippen molar-refractivity contribution in [3.05, 3.63) is 47.6 Å². The highest BCUT2D eigenvalue weighted by atomic mass is 33.1. The highest BCUT2D eigenvalue weighted by Gasteiger charge is 2.84. The Morgan fingerprint density at radius 3 is 2.36 bits per heavy atom. The largest absolute Gasteiger partial charge is 0.508 e. The minimum atomic E-state index is -2.06. The van der Waals surface area contributed by atoms with E-state index in [1.807, 2.05) is 17.9 Å². The molecule has 6 aliphatic heterocycles. The quantitative estimate of drug-likeness (QED) is 0.0634. The fourth-order valence-electron chi connectivity index (χ4n) is 24.9. The van der Waals surface area contributed by atoms with Crippen molar-refractivity contribution in [2.24, 2.45) is 85.8 Å². The van der Waals surface area contributed by atoms with Crippen LogP contribution in [0.25, 0.3) is 0 Å². The predicted molar refractivity (Wildman–Crippen MR) is 334 cm³/mol. The van der Waals surface area contributed by atoms with E-state index in [0.717, 1.165) is 56.9 Å². The lowest BCUT2D eigenvalue weighted by molar-refractivity contribution is -0.309. The number of hydrogen-bond donors (Lipinski definition) is 10. The zero-order valence-electron chi connectivity index (χ0n) is 52.3. The topological polar surface area (TPSA) is 253 Å². The molecule has 87 heavy (non-hydrogen) atoms. The first-order valence-electron chi connectivity index (χ1n) is 34.3. The van der Waals surface area contributed by atoms with E-state index >= 15 is 9.59 Å². The maximum Gasteiger partial charge on any atom is 0.234 e. The van der Waals surface area contributed by atoms with Crippen molar-refractivity contribution in [2.75, 3.05) is 44.1 Å². The van der Waals surface area contributed by atoms with E-state index in [0.29, 0.717) is 113 Å². The second-order valence-electron chi connectivity index (χ2n) is 31.7. The van der Waals surface area contributed by atoms with Crippen LogP contribution in [-0.2, 0) is 25.5 Å². The number of aliphatic hydroxyl groups is 8. The summed E-state index contributed by atoms with van der Waals surface area (Å²) in [4.78, 5) is 35.1. The van der Waals surface area contributed by atoms with Gasteiger partial charge in [0.15, 0.2) is 5.78 Å². The molecule has 15 aliphatic rings. The maximum absolute atomic E-state index is 16.8. The zero-order chi connectivity index (χ0) is 61.3. The molecule has 16 rings (SSSR count). The molecule has 17 heteroatoms. The summed E-state index contributed by atoms with van der Waals surface area (Å²) in [7, 11) is 4.35. The molecule has 0 unspecified atom stereocenters. The number of nitrogens with one attached hydrogen (secondary N) is 1. The number of nitrogens with zero attached hydrogens (tertiary/aromatic N) is 1. The van der Waals surface area contributed by atoms with E-state index in [4.69, 9.17) is 9.47 Å². The second-order valence-corrected chi connectivity index (χ2v) is 34.2.